The lowest BCUT2D eigenvalue weighted by Crippen LogP contribution is -2.54. The average Bonchev–Trinajstić information content (AvgIpc) is 2.73. The van der Waals surface area contributed by atoms with Gasteiger partial charge < -0.3 is 21.1 Å². The second-order valence-electron chi connectivity index (χ2n) is 7.41. The monoisotopic (exact) mass is 495 g/mol. The van der Waals surface area contributed by atoms with E-state index in [9.17, 15) is 36.7 Å². The smallest absolute Gasteiger partial charge is 0.309 e. The lowest BCUT2D eigenvalue weighted by molar-refractivity contribution is -0.139. The van der Waals surface area contributed by atoms with Gasteiger partial charge in [-0.3, -0.25) is 19.2 Å². The number of carbonyl (C=O) groups excluding carboxylic acids is 4. The van der Waals surface area contributed by atoms with Gasteiger partial charge in [-0.05, 0) is 30.8 Å². The topological polar surface area (TPSA) is 128 Å². The van der Waals surface area contributed by atoms with Crippen molar-refractivity contribution in [3.8, 4) is 5.75 Å². The molecule has 13 heteroatoms. The Bertz CT molecular complexity index is 875. The highest BCUT2D eigenvalue weighted by atomic mass is 32.2. The van der Waals surface area contributed by atoms with Crippen molar-refractivity contribution in [3.05, 3.63) is 29.3 Å². The summed E-state index contributed by atoms with van der Waals surface area (Å²) in [6.45, 7) is 2.50. The summed E-state index contributed by atoms with van der Waals surface area (Å²) in [5.74, 6) is -12.3. The third-order valence-corrected chi connectivity index (χ3v) is 4.94. The standard InChI is InChI=1S/C20H25F4N3O5S/c1-9(2)6-13(27-20(31)18(25)29)19(30)26-12(4-5-33-3)14(28)8-32-17-15(23)10(21)7-11(22)16(17)24/h7,9,12-13H,4-6,8H2,1-3H3,(H2,25,29)(H,26,30)(H,27,31)/t12-,13-/m0/s1. The Morgan fingerprint density at radius 2 is 1.61 bits per heavy atom. The SMILES string of the molecule is CSCC[C@H](NC(=O)[C@H](CC(C)C)NC(=O)C(N)=O)C(=O)COc1c(F)c(F)cc(F)c1F. The number of thioether (sulfide) groups is 1. The molecule has 0 fully saturated rings. The third kappa shape index (κ3) is 8.56. The summed E-state index contributed by atoms with van der Waals surface area (Å²) in [5.41, 5.74) is 4.90. The van der Waals surface area contributed by atoms with Crippen LogP contribution in [0.1, 0.15) is 26.7 Å². The van der Waals surface area contributed by atoms with Gasteiger partial charge in [0.1, 0.15) is 12.6 Å². The molecule has 33 heavy (non-hydrogen) atoms. The Morgan fingerprint density at radius 1 is 1.03 bits per heavy atom. The second-order valence-corrected chi connectivity index (χ2v) is 8.40. The molecule has 8 nitrogen and oxygen atoms in total. The number of hydrogen-bond donors (Lipinski definition) is 3. The molecule has 4 N–H and O–H groups in total. The first-order chi connectivity index (χ1) is 15.4. The van der Waals surface area contributed by atoms with Crippen LogP contribution in [0.25, 0.3) is 0 Å². The van der Waals surface area contributed by atoms with Crippen LogP contribution >= 0.6 is 11.8 Å². The number of hydrogen-bond acceptors (Lipinski definition) is 6. The van der Waals surface area contributed by atoms with Gasteiger partial charge >= 0.3 is 11.8 Å². The van der Waals surface area contributed by atoms with Crippen molar-refractivity contribution in [3.63, 3.8) is 0 Å². The number of amides is 3. The molecule has 0 radical (unpaired) electrons. The molecule has 0 saturated carbocycles. The van der Waals surface area contributed by atoms with E-state index < -0.39 is 71.2 Å². The Balaban J connectivity index is 2.99. The summed E-state index contributed by atoms with van der Waals surface area (Å²) in [7, 11) is 0. The van der Waals surface area contributed by atoms with E-state index in [0.717, 1.165) is 0 Å². The molecule has 0 bridgehead atoms. The van der Waals surface area contributed by atoms with Crippen LogP contribution in [-0.4, -0.2) is 54.2 Å². The van der Waals surface area contributed by atoms with Crippen molar-refractivity contribution in [2.24, 2.45) is 11.7 Å². The molecular weight excluding hydrogens is 470 g/mol. The molecule has 0 aliphatic carbocycles. The minimum atomic E-state index is -1.81. The summed E-state index contributed by atoms with van der Waals surface area (Å²) in [4.78, 5) is 47.9. The highest BCUT2D eigenvalue weighted by molar-refractivity contribution is 7.98. The largest absolute Gasteiger partial charge is 0.479 e. The summed E-state index contributed by atoms with van der Waals surface area (Å²) >= 11 is 1.34. The molecule has 1 aromatic carbocycles. The summed E-state index contributed by atoms with van der Waals surface area (Å²) in [6, 6.07) is -2.41. The molecule has 0 saturated heterocycles. The van der Waals surface area contributed by atoms with Crippen molar-refractivity contribution in [1.29, 1.82) is 0 Å². The number of primary amides is 1. The van der Waals surface area contributed by atoms with Crippen LogP contribution in [0.4, 0.5) is 17.6 Å². The van der Waals surface area contributed by atoms with Crippen molar-refractivity contribution in [2.75, 3.05) is 18.6 Å². The Morgan fingerprint density at radius 3 is 2.09 bits per heavy atom. The number of Topliss-reactive ketones (excluding diaryl/α,β-unsaturated/α-hetero) is 1. The Kier molecular flexibility index (Phi) is 11.1. The Hall–Kier alpha value is -2.83. The second kappa shape index (κ2) is 13.0. The third-order valence-electron chi connectivity index (χ3n) is 4.30. The van der Waals surface area contributed by atoms with Gasteiger partial charge in [0.25, 0.3) is 0 Å². The van der Waals surface area contributed by atoms with Gasteiger partial charge in [-0.15, -0.1) is 0 Å². The van der Waals surface area contributed by atoms with Gasteiger partial charge in [-0.2, -0.15) is 20.5 Å². The molecule has 3 amide bonds. The molecule has 0 spiro atoms. The molecule has 2 atom stereocenters. The molecule has 1 aromatic rings. The van der Waals surface area contributed by atoms with Crippen LogP contribution in [0.5, 0.6) is 5.75 Å². The van der Waals surface area contributed by atoms with Crippen molar-refractivity contribution in [1.82, 2.24) is 10.6 Å². The van der Waals surface area contributed by atoms with Crippen LogP contribution in [0.3, 0.4) is 0 Å². The van der Waals surface area contributed by atoms with Crippen LogP contribution in [0, 0.1) is 29.2 Å². The number of ketones is 1. The summed E-state index contributed by atoms with van der Waals surface area (Å²) in [5, 5.41) is 4.58. The van der Waals surface area contributed by atoms with Gasteiger partial charge in [-0.25, -0.2) is 8.78 Å². The van der Waals surface area contributed by atoms with Gasteiger partial charge in [0.15, 0.2) is 23.2 Å². The highest BCUT2D eigenvalue weighted by Crippen LogP contribution is 2.26. The van der Waals surface area contributed by atoms with E-state index in [-0.39, 0.29) is 24.8 Å². The van der Waals surface area contributed by atoms with E-state index in [0.29, 0.717) is 5.75 Å². The maximum Gasteiger partial charge on any atom is 0.309 e. The molecule has 1 rings (SSSR count). The van der Waals surface area contributed by atoms with Gasteiger partial charge in [0.05, 0.1) is 6.04 Å². The zero-order chi connectivity index (χ0) is 25.3. The number of nitrogens with one attached hydrogen (secondary N) is 2. The predicted octanol–water partition coefficient (Wildman–Crippen LogP) is 1.44. The fourth-order valence-electron chi connectivity index (χ4n) is 2.68. The maximum atomic E-state index is 13.8. The summed E-state index contributed by atoms with van der Waals surface area (Å²) < 4.78 is 58.8. The van der Waals surface area contributed by atoms with Gasteiger partial charge in [0, 0.05) is 6.07 Å². The number of ether oxygens (including phenoxy) is 1. The fraction of sp³-hybridized carbons (Fsp3) is 0.500. The minimum absolute atomic E-state index is 0.00388. The molecule has 184 valence electrons. The number of rotatable bonds is 12. The first-order valence-electron chi connectivity index (χ1n) is 9.77. The minimum Gasteiger partial charge on any atom is -0.479 e. The predicted molar refractivity (Wildman–Crippen MR) is 112 cm³/mol. The first kappa shape index (κ1) is 28.2. The van der Waals surface area contributed by atoms with Crippen LogP contribution < -0.4 is 21.1 Å². The first-order valence-corrected chi connectivity index (χ1v) is 11.2. The lowest BCUT2D eigenvalue weighted by atomic mass is 10.0. The molecular formula is C20H25F4N3O5S. The number of halogens is 4. The molecule has 0 aromatic heterocycles. The van der Waals surface area contributed by atoms with Crippen molar-refractivity contribution >= 4 is 35.3 Å². The van der Waals surface area contributed by atoms with E-state index >= 15 is 0 Å². The molecule has 0 heterocycles. The van der Waals surface area contributed by atoms with Crippen molar-refractivity contribution < 1.29 is 41.5 Å². The molecule has 0 unspecified atom stereocenters. The van der Waals surface area contributed by atoms with Crippen molar-refractivity contribution in [2.45, 2.75) is 38.8 Å². The van der Waals surface area contributed by atoms with Gasteiger partial charge in [-0.1, -0.05) is 13.8 Å². The fourth-order valence-corrected chi connectivity index (χ4v) is 3.15. The van der Waals surface area contributed by atoms with Crippen LogP contribution in [0.15, 0.2) is 6.07 Å². The van der Waals surface area contributed by atoms with Crippen LogP contribution in [0.2, 0.25) is 0 Å². The van der Waals surface area contributed by atoms with E-state index in [2.05, 4.69) is 15.4 Å². The average molecular weight is 495 g/mol. The van der Waals surface area contributed by atoms with E-state index in [4.69, 9.17) is 5.73 Å². The zero-order valence-corrected chi connectivity index (χ0v) is 19.0. The van der Waals surface area contributed by atoms with E-state index in [1.165, 1.54) is 11.8 Å². The van der Waals surface area contributed by atoms with Gasteiger partial charge in [0.2, 0.25) is 17.5 Å². The Labute approximate surface area is 192 Å². The van der Waals surface area contributed by atoms with E-state index in [1.807, 2.05) is 0 Å². The number of carbonyl (C=O) groups is 4. The van der Waals surface area contributed by atoms with E-state index in [1.54, 1.807) is 20.1 Å². The number of benzene rings is 1. The summed E-state index contributed by atoms with van der Waals surface area (Å²) in [6.07, 6.45) is 1.92. The normalized spacial score (nSPS) is 12.7. The number of nitrogens with two attached hydrogens (primary N) is 1. The molecule has 0 aliphatic rings. The quantitative estimate of drug-likeness (QED) is 0.229. The maximum absolute atomic E-state index is 13.8. The van der Waals surface area contributed by atoms with Crippen LogP contribution in [-0.2, 0) is 19.2 Å². The zero-order valence-electron chi connectivity index (χ0n) is 18.2. The molecule has 0 aliphatic heterocycles. The lowest BCUT2D eigenvalue weighted by Gasteiger charge is -2.23. The highest BCUT2D eigenvalue weighted by Gasteiger charge is 2.29.